The minimum Gasteiger partial charge on any atom is -0.318 e. The molecule has 0 atom stereocenters. The highest BCUT2D eigenvalue weighted by molar-refractivity contribution is 8.18. The van der Waals surface area contributed by atoms with Crippen LogP contribution in [-0.4, -0.2) is 32.1 Å². The molecule has 0 spiro atoms. The molecule has 2 aromatic rings. The first-order valence-electron chi connectivity index (χ1n) is 8.13. The molecule has 2 amide bonds. The second-order valence-electron chi connectivity index (χ2n) is 6.02. The van der Waals surface area contributed by atoms with E-state index in [4.69, 9.17) is 0 Å². The molecule has 0 aliphatic carbocycles. The highest BCUT2D eigenvalue weighted by Crippen LogP contribution is 2.33. The Morgan fingerprint density at radius 2 is 1.89 bits per heavy atom. The number of aryl methyl sites for hydroxylation is 1. The number of hydrogen-bond donors (Lipinski definition) is 0. The molecular weight excluding hydrogens is 366 g/mol. The predicted molar refractivity (Wildman–Crippen MR) is 105 cm³/mol. The summed E-state index contributed by atoms with van der Waals surface area (Å²) in [7, 11) is 0. The summed E-state index contributed by atoms with van der Waals surface area (Å²) in [5.74, 6) is -0.329. The Morgan fingerprint density at radius 1 is 1.22 bits per heavy atom. The van der Waals surface area contributed by atoms with Crippen molar-refractivity contribution >= 4 is 34.7 Å². The normalized spacial score (nSPS) is 15.6. The third-order valence-electron chi connectivity index (χ3n) is 4.26. The lowest BCUT2D eigenvalue weighted by Gasteiger charge is -2.09. The average Bonchev–Trinajstić information content (AvgIpc) is 3.05. The molecule has 0 radical (unpaired) electrons. The van der Waals surface area contributed by atoms with E-state index in [-0.39, 0.29) is 23.4 Å². The highest BCUT2D eigenvalue weighted by atomic mass is 32.2. The second-order valence-corrected chi connectivity index (χ2v) is 7.01. The number of carbonyl (C=O) groups excluding carboxylic acids is 2. The van der Waals surface area contributed by atoms with Crippen molar-refractivity contribution in [1.82, 2.24) is 9.47 Å². The van der Waals surface area contributed by atoms with E-state index in [1.54, 1.807) is 18.2 Å². The van der Waals surface area contributed by atoms with E-state index in [9.17, 15) is 19.7 Å². The fourth-order valence-electron chi connectivity index (χ4n) is 2.98. The number of benzene rings is 1. The summed E-state index contributed by atoms with van der Waals surface area (Å²) >= 11 is 0.908. The first-order chi connectivity index (χ1) is 12.8. The van der Waals surface area contributed by atoms with Gasteiger partial charge in [-0.15, -0.1) is 6.58 Å². The van der Waals surface area contributed by atoms with Gasteiger partial charge in [-0.1, -0.05) is 6.08 Å². The van der Waals surface area contributed by atoms with Crippen molar-refractivity contribution in [3.05, 3.63) is 75.0 Å². The van der Waals surface area contributed by atoms with Gasteiger partial charge in [0.15, 0.2) is 0 Å². The monoisotopic (exact) mass is 383 g/mol. The summed E-state index contributed by atoms with van der Waals surface area (Å²) in [5, 5.41) is 10.5. The molecule has 1 aliphatic rings. The molecule has 1 aromatic heterocycles. The number of hydrogen-bond acceptors (Lipinski definition) is 5. The van der Waals surface area contributed by atoms with Gasteiger partial charge in [-0.2, -0.15) is 0 Å². The van der Waals surface area contributed by atoms with Crippen LogP contribution in [0, 0.1) is 24.0 Å². The lowest BCUT2D eigenvalue weighted by atomic mass is 10.2. The van der Waals surface area contributed by atoms with Crippen LogP contribution in [0.3, 0.4) is 0 Å². The molecule has 1 saturated heterocycles. The molecule has 0 saturated carbocycles. The first kappa shape index (κ1) is 18.7. The van der Waals surface area contributed by atoms with Gasteiger partial charge >= 0.3 is 0 Å². The maximum absolute atomic E-state index is 12.4. The number of nitro groups is 1. The van der Waals surface area contributed by atoms with Crippen molar-refractivity contribution < 1.29 is 14.5 Å². The van der Waals surface area contributed by atoms with E-state index < -0.39 is 4.92 Å². The maximum atomic E-state index is 12.4. The standard InChI is InChI=1S/C19H17N3O4S/c1-4-9-20-18(23)17(27-19(20)24)11-14-10-12(2)21(13(14)3)15-5-7-16(8-6-15)22(25)26/h4-8,10-11H,1,9H2,2-3H3. The van der Waals surface area contributed by atoms with Crippen molar-refractivity contribution in [2.24, 2.45) is 0 Å². The van der Waals surface area contributed by atoms with Gasteiger partial charge in [0.2, 0.25) is 0 Å². The predicted octanol–water partition coefficient (Wildman–Crippen LogP) is 4.22. The minimum absolute atomic E-state index is 0.0253. The van der Waals surface area contributed by atoms with Gasteiger partial charge in [-0.25, -0.2) is 0 Å². The summed E-state index contributed by atoms with van der Waals surface area (Å²) in [6.07, 6.45) is 3.22. The minimum atomic E-state index is -0.441. The van der Waals surface area contributed by atoms with Crippen molar-refractivity contribution in [2.75, 3.05) is 6.54 Å². The van der Waals surface area contributed by atoms with Crippen LogP contribution < -0.4 is 0 Å². The van der Waals surface area contributed by atoms with Crippen molar-refractivity contribution in [2.45, 2.75) is 13.8 Å². The van der Waals surface area contributed by atoms with Gasteiger partial charge in [0.1, 0.15) is 0 Å². The zero-order valence-corrected chi connectivity index (χ0v) is 15.7. The molecule has 1 aromatic carbocycles. The fourth-order valence-corrected chi connectivity index (χ4v) is 3.82. The molecule has 138 valence electrons. The van der Waals surface area contributed by atoms with Gasteiger partial charge < -0.3 is 4.57 Å². The molecule has 27 heavy (non-hydrogen) atoms. The number of nitrogens with zero attached hydrogens (tertiary/aromatic N) is 3. The van der Waals surface area contributed by atoms with E-state index in [0.29, 0.717) is 4.91 Å². The number of imide groups is 1. The summed E-state index contributed by atoms with van der Waals surface area (Å²) in [6, 6.07) is 8.18. The van der Waals surface area contributed by atoms with Crippen LogP contribution in [-0.2, 0) is 4.79 Å². The van der Waals surface area contributed by atoms with Gasteiger partial charge in [0.05, 0.1) is 9.83 Å². The molecule has 2 heterocycles. The van der Waals surface area contributed by atoms with Crippen LogP contribution in [0.5, 0.6) is 0 Å². The Labute approximate surface area is 160 Å². The van der Waals surface area contributed by atoms with E-state index in [1.807, 2.05) is 24.5 Å². The van der Waals surface area contributed by atoms with E-state index in [0.717, 1.165) is 39.3 Å². The number of aromatic nitrogens is 1. The Bertz CT molecular complexity index is 989. The fraction of sp³-hybridized carbons (Fsp3) is 0.158. The number of rotatable bonds is 5. The lowest BCUT2D eigenvalue weighted by Crippen LogP contribution is -2.27. The molecule has 1 fully saturated rings. The summed E-state index contributed by atoms with van der Waals surface area (Å²) < 4.78 is 1.95. The number of thioether (sulfide) groups is 1. The van der Waals surface area contributed by atoms with Crippen LogP contribution in [0.25, 0.3) is 11.8 Å². The maximum Gasteiger partial charge on any atom is 0.293 e. The number of nitro benzene ring substituents is 1. The lowest BCUT2D eigenvalue weighted by molar-refractivity contribution is -0.384. The largest absolute Gasteiger partial charge is 0.318 e. The van der Waals surface area contributed by atoms with E-state index in [2.05, 4.69) is 6.58 Å². The van der Waals surface area contributed by atoms with Gasteiger partial charge in [-0.05, 0) is 55.4 Å². The Morgan fingerprint density at radius 3 is 2.48 bits per heavy atom. The molecule has 1 aliphatic heterocycles. The number of carbonyl (C=O) groups is 2. The first-order valence-corrected chi connectivity index (χ1v) is 8.95. The van der Waals surface area contributed by atoms with Crippen LogP contribution in [0.1, 0.15) is 17.0 Å². The van der Waals surface area contributed by atoms with E-state index in [1.165, 1.54) is 18.2 Å². The molecule has 0 unspecified atom stereocenters. The third-order valence-corrected chi connectivity index (χ3v) is 5.17. The average molecular weight is 383 g/mol. The highest BCUT2D eigenvalue weighted by Gasteiger charge is 2.34. The summed E-state index contributed by atoms with van der Waals surface area (Å²) in [5.41, 5.74) is 3.41. The van der Waals surface area contributed by atoms with Crippen molar-refractivity contribution in [3.8, 4) is 5.69 Å². The van der Waals surface area contributed by atoms with Crippen LogP contribution in [0.4, 0.5) is 10.5 Å². The zero-order valence-electron chi connectivity index (χ0n) is 14.8. The van der Waals surface area contributed by atoms with Gasteiger partial charge in [0.25, 0.3) is 16.8 Å². The molecule has 0 N–H and O–H groups in total. The van der Waals surface area contributed by atoms with Gasteiger partial charge in [0, 0.05) is 35.8 Å². The van der Waals surface area contributed by atoms with Crippen LogP contribution in [0.2, 0.25) is 0 Å². The SMILES string of the molecule is C=CCN1C(=O)SC(=Cc2cc(C)n(-c3ccc([N+](=O)[O-])cc3)c2C)C1=O. The second kappa shape index (κ2) is 7.24. The molecule has 3 rings (SSSR count). The summed E-state index contributed by atoms with van der Waals surface area (Å²) in [6.45, 7) is 7.55. The molecular formula is C19H17N3O4S. The number of amides is 2. The Hall–Kier alpha value is -3.13. The van der Waals surface area contributed by atoms with Crippen LogP contribution >= 0.6 is 11.8 Å². The Balaban J connectivity index is 1.97. The molecule has 0 bridgehead atoms. The topological polar surface area (TPSA) is 85.4 Å². The Kier molecular flexibility index (Phi) is 5.00. The molecule has 7 nitrogen and oxygen atoms in total. The van der Waals surface area contributed by atoms with E-state index >= 15 is 0 Å². The van der Waals surface area contributed by atoms with Crippen LogP contribution in [0.15, 0.2) is 47.9 Å². The quantitative estimate of drug-likeness (QED) is 0.334. The zero-order chi connectivity index (χ0) is 19.7. The smallest absolute Gasteiger partial charge is 0.293 e. The number of non-ortho nitro benzene ring substituents is 1. The molecule has 8 heteroatoms. The van der Waals surface area contributed by atoms with Crippen molar-refractivity contribution in [1.29, 1.82) is 0 Å². The van der Waals surface area contributed by atoms with Crippen molar-refractivity contribution in [3.63, 3.8) is 0 Å². The third kappa shape index (κ3) is 3.43. The summed E-state index contributed by atoms with van der Waals surface area (Å²) in [4.78, 5) is 36.2. The van der Waals surface area contributed by atoms with Gasteiger partial charge in [-0.3, -0.25) is 24.6 Å².